The van der Waals surface area contributed by atoms with Crippen molar-refractivity contribution >= 4 is 11.8 Å². The minimum absolute atomic E-state index is 0.00934. The standard InChI is InChI=1S/C29H39N3O3/c1-22(2)27(33)30-26(24-7-5-4-6-8-24)13-17-31-18-14-29(15-19-31)16-20-32(28(29)34)21-23-9-11-25(35-3)12-10-23/h4-12,22,26H,13-21H2,1-3H3,(H,30,33). The molecule has 0 radical (unpaired) electrons. The molecular weight excluding hydrogens is 438 g/mol. The molecule has 35 heavy (non-hydrogen) atoms. The van der Waals surface area contributed by atoms with Crippen LogP contribution in [0.25, 0.3) is 0 Å². The fourth-order valence-electron chi connectivity index (χ4n) is 5.32. The molecule has 6 nitrogen and oxygen atoms in total. The van der Waals surface area contributed by atoms with Crippen molar-refractivity contribution in [3.8, 4) is 5.75 Å². The van der Waals surface area contributed by atoms with Crippen molar-refractivity contribution < 1.29 is 14.3 Å². The molecule has 2 aromatic rings. The van der Waals surface area contributed by atoms with E-state index in [9.17, 15) is 9.59 Å². The molecule has 188 valence electrons. The Morgan fingerprint density at radius 3 is 2.29 bits per heavy atom. The van der Waals surface area contributed by atoms with Crippen LogP contribution in [0.3, 0.4) is 0 Å². The number of methoxy groups -OCH3 is 1. The lowest BCUT2D eigenvalue weighted by Gasteiger charge is -2.38. The Labute approximate surface area is 209 Å². The van der Waals surface area contributed by atoms with Crippen molar-refractivity contribution in [1.29, 1.82) is 0 Å². The molecule has 0 aromatic heterocycles. The molecule has 2 heterocycles. The van der Waals surface area contributed by atoms with E-state index in [4.69, 9.17) is 4.74 Å². The van der Waals surface area contributed by atoms with E-state index in [-0.39, 0.29) is 23.3 Å². The number of carbonyl (C=O) groups excluding carboxylic acids is 2. The molecule has 0 saturated carbocycles. The van der Waals surface area contributed by atoms with Crippen molar-refractivity contribution in [2.45, 2.75) is 52.1 Å². The fourth-order valence-corrected chi connectivity index (χ4v) is 5.32. The molecule has 0 bridgehead atoms. The summed E-state index contributed by atoms with van der Waals surface area (Å²) in [5.74, 6) is 1.21. The Kier molecular flexibility index (Phi) is 8.11. The van der Waals surface area contributed by atoms with Gasteiger partial charge in [0.1, 0.15) is 5.75 Å². The van der Waals surface area contributed by atoms with Gasteiger partial charge in [0.05, 0.1) is 18.6 Å². The lowest BCUT2D eigenvalue weighted by atomic mass is 9.77. The zero-order chi connectivity index (χ0) is 24.8. The number of nitrogens with zero attached hydrogens (tertiary/aromatic N) is 2. The highest BCUT2D eigenvalue weighted by Gasteiger charge is 2.47. The molecule has 1 unspecified atom stereocenters. The first-order chi connectivity index (χ1) is 16.9. The number of benzene rings is 2. The third-order valence-corrected chi connectivity index (χ3v) is 7.72. The van der Waals surface area contributed by atoms with Crippen LogP contribution in [0.1, 0.15) is 56.7 Å². The maximum atomic E-state index is 13.4. The van der Waals surface area contributed by atoms with Gasteiger partial charge in [-0.3, -0.25) is 9.59 Å². The number of ether oxygens (including phenoxy) is 1. The van der Waals surface area contributed by atoms with Crippen LogP contribution in [-0.2, 0) is 16.1 Å². The number of rotatable bonds is 9. The summed E-state index contributed by atoms with van der Waals surface area (Å²) >= 11 is 0. The zero-order valence-corrected chi connectivity index (χ0v) is 21.3. The normalized spacial score (nSPS) is 18.7. The van der Waals surface area contributed by atoms with Gasteiger partial charge in [0.15, 0.2) is 0 Å². The van der Waals surface area contributed by atoms with Crippen LogP contribution >= 0.6 is 0 Å². The third kappa shape index (κ3) is 6.04. The molecule has 2 aliphatic rings. The van der Waals surface area contributed by atoms with Crippen molar-refractivity contribution in [2.24, 2.45) is 11.3 Å². The van der Waals surface area contributed by atoms with Crippen molar-refractivity contribution in [2.75, 3.05) is 33.3 Å². The van der Waals surface area contributed by atoms with Gasteiger partial charge < -0.3 is 19.9 Å². The summed E-state index contributed by atoms with van der Waals surface area (Å²) < 4.78 is 5.24. The number of carbonyl (C=O) groups is 2. The molecule has 2 aliphatic heterocycles. The molecule has 1 N–H and O–H groups in total. The molecule has 0 aliphatic carbocycles. The van der Waals surface area contributed by atoms with Crippen LogP contribution in [0.2, 0.25) is 0 Å². The highest BCUT2D eigenvalue weighted by atomic mass is 16.5. The first-order valence-corrected chi connectivity index (χ1v) is 12.9. The second-order valence-electron chi connectivity index (χ2n) is 10.4. The molecule has 4 rings (SSSR count). The van der Waals surface area contributed by atoms with E-state index in [0.29, 0.717) is 12.5 Å². The highest BCUT2D eigenvalue weighted by molar-refractivity contribution is 5.85. The van der Waals surface area contributed by atoms with Gasteiger partial charge in [0, 0.05) is 25.6 Å². The van der Waals surface area contributed by atoms with Gasteiger partial charge >= 0.3 is 0 Å². The second kappa shape index (κ2) is 11.3. The smallest absolute Gasteiger partial charge is 0.229 e. The quantitative estimate of drug-likeness (QED) is 0.581. The van der Waals surface area contributed by atoms with Crippen LogP contribution in [0.15, 0.2) is 54.6 Å². The number of hydrogen-bond donors (Lipinski definition) is 1. The zero-order valence-electron chi connectivity index (χ0n) is 21.3. The van der Waals surface area contributed by atoms with Gasteiger partial charge in [-0.2, -0.15) is 0 Å². The van der Waals surface area contributed by atoms with Crippen LogP contribution in [0.5, 0.6) is 5.75 Å². The summed E-state index contributed by atoms with van der Waals surface area (Å²) in [7, 11) is 1.67. The first kappa shape index (κ1) is 25.2. The van der Waals surface area contributed by atoms with Crippen molar-refractivity contribution in [1.82, 2.24) is 15.1 Å². The Hall–Kier alpha value is -2.86. The van der Waals surface area contributed by atoms with Crippen LogP contribution < -0.4 is 10.1 Å². The molecule has 2 aromatic carbocycles. The summed E-state index contributed by atoms with van der Waals surface area (Å²) in [5, 5.41) is 3.23. The molecule has 6 heteroatoms. The van der Waals surface area contributed by atoms with Gasteiger partial charge in [-0.25, -0.2) is 0 Å². The van der Waals surface area contributed by atoms with E-state index in [1.165, 1.54) is 0 Å². The summed E-state index contributed by atoms with van der Waals surface area (Å²) in [6.45, 7) is 8.14. The maximum absolute atomic E-state index is 13.4. The minimum Gasteiger partial charge on any atom is -0.497 e. The second-order valence-corrected chi connectivity index (χ2v) is 10.4. The van der Waals surface area contributed by atoms with E-state index in [2.05, 4.69) is 22.3 Å². The van der Waals surface area contributed by atoms with Gasteiger partial charge in [0.2, 0.25) is 11.8 Å². The van der Waals surface area contributed by atoms with Gasteiger partial charge in [-0.1, -0.05) is 56.3 Å². The average Bonchev–Trinajstić information content (AvgIpc) is 3.18. The molecule has 2 saturated heterocycles. The van der Waals surface area contributed by atoms with E-state index >= 15 is 0 Å². The molecule has 2 fully saturated rings. The van der Waals surface area contributed by atoms with E-state index in [1.54, 1.807) is 7.11 Å². The number of amides is 2. The Morgan fingerprint density at radius 2 is 1.66 bits per heavy atom. The lowest BCUT2D eigenvalue weighted by molar-refractivity contribution is -0.139. The van der Waals surface area contributed by atoms with Gasteiger partial charge in [0.25, 0.3) is 0 Å². The number of likely N-dealkylation sites (tertiary alicyclic amines) is 2. The summed E-state index contributed by atoms with van der Waals surface area (Å²) in [4.78, 5) is 30.3. The largest absolute Gasteiger partial charge is 0.497 e. The van der Waals surface area contributed by atoms with Crippen molar-refractivity contribution in [3.63, 3.8) is 0 Å². The maximum Gasteiger partial charge on any atom is 0.229 e. The van der Waals surface area contributed by atoms with E-state index < -0.39 is 0 Å². The summed E-state index contributed by atoms with van der Waals surface area (Å²) in [5.41, 5.74) is 2.09. The van der Waals surface area contributed by atoms with Gasteiger partial charge in [-0.05, 0) is 62.0 Å². The highest BCUT2D eigenvalue weighted by Crippen LogP contribution is 2.42. The minimum atomic E-state index is -0.201. The molecule has 1 atom stereocenters. The molecule has 1 spiro atoms. The third-order valence-electron chi connectivity index (χ3n) is 7.72. The summed E-state index contributed by atoms with van der Waals surface area (Å²) in [6, 6.07) is 18.2. The van der Waals surface area contributed by atoms with Crippen LogP contribution in [0, 0.1) is 11.3 Å². The number of piperidine rings is 1. The SMILES string of the molecule is COc1ccc(CN2CCC3(CCN(CCC(NC(=O)C(C)C)c4ccccc4)CC3)C2=O)cc1. The monoisotopic (exact) mass is 477 g/mol. The first-order valence-electron chi connectivity index (χ1n) is 12.9. The molecule has 2 amide bonds. The topological polar surface area (TPSA) is 61.9 Å². The van der Waals surface area contributed by atoms with Crippen LogP contribution in [0.4, 0.5) is 0 Å². The lowest BCUT2D eigenvalue weighted by Crippen LogP contribution is -2.45. The molecular formula is C29H39N3O3. The predicted molar refractivity (Wildman–Crippen MR) is 138 cm³/mol. The average molecular weight is 478 g/mol. The van der Waals surface area contributed by atoms with Crippen molar-refractivity contribution in [3.05, 3.63) is 65.7 Å². The Balaban J connectivity index is 1.30. The van der Waals surface area contributed by atoms with E-state index in [1.807, 2.05) is 61.2 Å². The Bertz CT molecular complexity index is 982. The Morgan fingerprint density at radius 1 is 1.00 bits per heavy atom. The fraction of sp³-hybridized carbons (Fsp3) is 0.517. The predicted octanol–water partition coefficient (Wildman–Crippen LogP) is 4.41. The number of nitrogens with one attached hydrogen (secondary N) is 1. The van der Waals surface area contributed by atoms with Gasteiger partial charge in [-0.15, -0.1) is 0 Å². The van der Waals surface area contributed by atoms with Crippen LogP contribution in [-0.4, -0.2) is 54.9 Å². The van der Waals surface area contributed by atoms with E-state index in [0.717, 1.165) is 68.7 Å². The summed E-state index contributed by atoms with van der Waals surface area (Å²) in [6.07, 6.45) is 3.65. The number of hydrogen-bond acceptors (Lipinski definition) is 4.